The molecule has 1 aromatic carbocycles. The molecular weight excluding hydrogens is 410 g/mol. The summed E-state index contributed by atoms with van der Waals surface area (Å²) in [6, 6.07) is 5.28. The molecule has 2 heterocycles. The number of primary amides is 1. The molecule has 9 heteroatoms. The lowest BCUT2D eigenvalue weighted by atomic mass is 10.1. The topological polar surface area (TPSA) is 123 Å². The number of aromatic nitrogens is 2. The monoisotopic (exact) mass is 439 g/mol. The van der Waals surface area contributed by atoms with Gasteiger partial charge in [0.1, 0.15) is 22.8 Å². The average Bonchev–Trinajstić information content (AvgIpc) is 3.48. The number of methoxy groups -OCH3 is 2. The van der Waals surface area contributed by atoms with Gasteiger partial charge in [0.25, 0.3) is 5.91 Å². The Hall–Kier alpha value is -3.93. The minimum atomic E-state index is -0.595. The Morgan fingerprint density at radius 3 is 2.34 bits per heavy atom. The van der Waals surface area contributed by atoms with Gasteiger partial charge >= 0.3 is 0 Å². The summed E-state index contributed by atoms with van der Waals surface area (Å²) < 4.78 is 10.4. The number of nitrogens with zero attached hydrogens (tertiary/aromatic N) is 2. The number of hydrogen-bond donors (Lipinski definition) is 3. The summed E-state index contributed by atoms with van der Waals surface area (Å²) >= 11 is 0. The Labute approximate surface area is 188 Å². The molecule has 1 aliphatic heterocycles. The van der Waals surface area contributed by atoms with Crippen LogP contribution in [0.15, 0.2) is 30.9 Å². The van der Waals surface area contributed by atoms with Crippen LogP contribution in [0, 0.1) is 11.8 Å². The van der Waals surface area contributed by atoms with Gasteiger partial charge in [0, 0.05) is 31.3 Å². The van der Waals surface area contributed by atoms with Crippen LogP contribution in [0.5, 0.6) is 11.5 Å². The van der Waals surface area contributed by atoms with Crippen molar-refractivity contribution >= 4 is 17.6 Å². The van der Waals surface area contributed by atoms with Crippen molar-refractivity contribution in [2.75, 3.05) is 39.2 Å². The highest BCUT2D eigenvalue weighted by molar-refractivity contribution is 5.99. The largest absolute Gasteiger partial charge is 0.497 e. The number of hydrogen-bond acceptors (Lipinski definition) is 6. The molecule has 1 aliphatic rings. The molecule has 0 bridgehead atoms. The maximum Gasteiger partial charge on any atom is 0.255 e. The lowest BCUT2D eigenvalue weighted by Gasteiger charge is -2.10. The van der Waals surface area contributed by atoms with Gasteiger partial charge in [-0.3, -0.25) is 14.7 Å². The number of nitrogens with two attached hydrogens (primary N) is 1. The molecule has 1 aromatic heterocycles. The Morgan fingerprint density at radius 2 is 1.84 bits per heavy atom. The summed E-state index contributed by atoms with van der Waals surface area (Å²) in [5, 5.41) is 9.70. The molecule has 170 valence electrons. The third-order valence-corrected chi connectivity index (χ3v) is 4.63. The summed E-state index contributed by atoms with van der Waals surface area (Å²) in [6.07, 6.45) is 3.68. The van der Waals surface area contributed by atoms with Gasteiger partial charge in [-0.05, 0) is 43.9 Å². The molecule has 2 amide bonds. The molecule has 32 heavy (non-hydrogen) atoms. The second-order valence-corrected chi connectivity index (χ2v) is 6.80. The van der Waals surface area contributed by atoms with Crippen LogP contribution >= 0.6 is 0 Å². The molecule has 2 aromatic rings. The normalized spacial score (nSPS) is 12.0. The summed E-state index contributed by atoms with van der Waals surface area (Å²) in [4.78, 5) is 24.3. The van der Waals surface area contributed by atoms with Crippen LogP contribution in [0.2, 0.25) is 0 Å². The van der Waals surface area contributed by atoms with Crippen LogP contribution in [-0.2, 0) is 4.79 Å². The van der Waals surface area contributed by atoms with Crippen molar-refractivity contribution in [3.05, 3.63) is 47.7 Å². The lowest BCUT2D eigenvalue weighted by Crippen LogP contribution is -2.25. The maximum atomic E-state index is 11.6. The van der Waals surface area contributed by atoms with E-state index in [2.05, 4.69) is 33.9 Å². The Bertz CT molecular complexity index is 991. The Morgan fingerprint density at radius 1 is 1.22 bits per heavy atom. The third-order valence-electron chi connectivity index (χ3n) is 4.63. The number of aromatic amines is 1. The molecule has 3 rings (SSSR count). The first kappa shape index (κ1) is 24.3. The zero-order valence-electron chi connectivity index (χ0n) is 18.7. The van der Waals surface area contributed by atoms with E-state index in [-0.39, 0.29) is 11.5 Å². The number of anilines is 1. The van der Waals surface area contributed by atoms with Crippen LogP contribution in [0.1, 0.15) is 41.4 Å². The van der Waals surface area contributed by atoms with Crippen molar-refractivity contribution in [1.29, 1.82) is 0 Å². The van der Waals surface area contributed by atoms with Gasteiger partial charge in [-0.25, -0.2) is 0 Å². The number of nitrogens with one attached hydrogen (secondary N) is 2. The van der Waals surface area contributed by atoms with Crippen LogP contribution in [-0.4, -0.2) is 60.8 Å². The molecule has 0 radical (unpaired) electrons. The molecule has 1 fully saturated rings. The highest BCUT2D eigenvalue weighted by atomic mass is 16.5. The molecular formula is C23H29N5O4. The van der Waals surface area contributed by atoms with Crippen molar-refractivity contribution in [1.82, 2.24) is 15.1 Å². The number of benzene rings is 1. The number of carbonyl (C=O) groups is 2. The number of amides is 2. The van der Waals surface area contributed by atoms with Gasteiger partial charge in [0.2, 0.25) is 5.91 Å². The number of carbonyl (C=O) groups excluding carboxylic acids is 2. The van der Waals surface area contributed by atoms with Crippen LogP contribution < -0.4 is 20.5 Å². The van der Waals surface area contributed by atoms with E-state index < -0.39 is 5.91 Å². The quantitative estimate of drug-likeness (QED) is 0.468. The first-order valence-corrected chi connectivity index (χ1v) is 10.2. The molecule has 9 nitrogen and oxygen atoms in total. The predicted molar refractivity (Wildman–Crippen MR) is 123 cm³/mol. The van der Waals surface area contributed by atoms with Crippen molar-refractivity contribution in [2.45, 2.75) is 19.8 Å². The highest BCUT2D eigenvalue weighted by Crippen LogP contribution is 2.22. The number of H-pyrrole nitrogens is 1. The summed E-state index contributed by atoms with van der Waals surface area (Å²) in [7, 11) is 3.13. The van der Waals surface area contributed by atoms with Crippen molar-refractivity contribution in [3.63, 3.8) is 0 Å². The highest BCUT2D eigenvalue weighted by Gasteiger charge is 2.16. The molecule has 4 N–H and O–H groups in total. The van der Waals surface area contributed by atoms with E-state index in [0.717, 1.165) is 25.9 Å². The number of ether oxygens (including phenoxy) is 2. The van der Waals surface area contributed by atoms with E-state index in [4.69, 9.17) is 15.2 Å². The zero-order valence-corrected chi connectivity index (χ0v) is 18.7. The fourth-order valence-corrected chi connectivity index (χ4v) is 3.05. The smallest absolute Gasteiger partial charge is 0.255 e. The standard InChI is InChI=1S/C16H18N4O3.C7H11NO/c1-4-18-16-14(15(17)21)13(19-20-16)6-5-10-7-11(22-2)9-12(8-10)23-3;1-2-7(9)8-5-3-4-6-8/h7-9H,4H2,1-3H3,(H2,17,21)(H2,18,19,20);2H,1,3-6H2. The SMILES string of the molecule is C=CC(=O)N1CCCC1.CCNc1n[nH]c(C#Cc2cc(OC)cc(OC)c2)c1C(N)=O. The second-order valence-electron chi connectivity index (χ2n) is 6.80. The molecule has 1 saturated heterocycles. The van der Waals surface area contributed by atoms with Gasteiger partial charge in [-0.2, -0.15) is 5.10 Å². The summed E-state index contributed by atoms with van der Waals surface area (Å²) in [6.45, 7) is 7.77. The van der Waals surface area contributed by atoms with E-state index in [0.29, 0.717) is 35.1 Å². The van der Waals surface area contributed by atoms with Crippen LogP contribution in [0.3, 0.4) is 0 Å². The average molecular weight is 440 g/mol. The first-order chi connectivity index (χ1) is 15.4. The zero-order chi connectivity index (χ0) is 23.5. The second kappa shape index (κ2) is 12.1. The summed E-state index contributed by atoms with van der Waals surface area (Å²) in [5.41, 5.74) is 6.68. The molecule has 0 atom stereocenters. The van der Waals surface area contributed by atoms with Gasteiger partial charge in [-0.15, -0.1) is 0 Å². The van der Waals surface area contributed by atoms with E-state index in [1.165, 1.54) is 6.08 Å². The lowest BCUT2D eigenvalue weighted by molar-refractivity contribution is -0.124. The molecule has 0 saturated carbocycles. The minimum Gasteiger partial charge on any atom is -0.497 e. The van der Waals surface area contributed by atoms with Crippen molar-refractivity contribution in [3.8, 4) is 23.3 Å². The molecule has 0 aliphatic carbocycles. The predicted octanol–water partition coefficient (Wildman–Crippen LogP) is 2.15. The van der Waals surface area contributed by atoms with Crippen molar-refractivity contribution in [2.24, 2.45) is 5.73 Å². The van der Waals surface area contributed by atoms with E-state index >= 15 is 0 Å². The van der Waals surface area contributed by atoms with Gasteiger partial charge < -0.3 is 25.4 Å². The first-order valence-electron chi connectivity index (χ1n) is 10.2. The van der Waals surface area contributed by atoms with E-state index in [9.17, 15) is 9.59 Å². The third kappa shape index (κ3) is 6.54. The maximum absolute atomic E-state index is 11.6. The fourth-order valence-electron chi connectivity index (χ4n) is 3.05. The number of rotatable bonds is 6. The van der Waals surface area contributed by atoms with Gasteiger partial charge in [0.05, 0.1) is 14.2 Å². The van der Waals surface area contributed by atoms with Gasteiger partial charge in [-0.1, -0.05) is 12.5 Å². The van der Waals surface area contributed by atoms with Gasteiger partial charge in [0.15, 0.2) is 5.82 Å². The minimum absolute atomic E-state index is 0.0764. The van der Waals surface area contributed by atoms with E-state index in [1.807, 2.05) is 11.8 Å². The molecule has 0 spiro atoms. The van der Waals surface area contributed by atoms with Crippen LogP contribution in [0.25, 0.3) is 0 Å². The van der Waals surface area contributed by atoms with Crippen molar-refractivity contribution < 1.29 is 19.1 Å². The summed E-state index contributed by atoms with van der Waals surface area (Å²) in [5.74, 6) is 6.95. The Kier molecular flexibility index (Phi) is 9.17. The van der Waals surface area contributed by atoms with Crippen LogP contribution in [0.4, 0.5) is 5.82 Å². The van der Waals surface area contributed by atoms with E-state index in [1.54, 1.807) is 32.4 Å². The Balaban J connectivity index is 0.000000336. The fraction of sp³-hybridized carbons (Fsp3) is 0.348. The number of likely N-dealkylation sites (tertiary alicyclic amines) is 1. The molecule has 0 unspecified atom stereocenters.